The molecule has 0 fully saturated rings. The van der Waals surface area contributed by atoms with Gasteiger partial charge in [-0.3, -0.25) is 4.68 Å². The van der Waals surface area contributed by atoms with Crippen LogP contribution in [-0.4, -0.2) is 15.8 Å². The molecule has 0 aromatic carbocycles. The smallest absolute Gasteiger partial charge is 0.0492 e. The van der Waals surface area contributed by atoms with E-state index in [2.05, 4.69) is 31.9 Å². The third kappa shape index (κ3) is 4.47. The van der Waals surface area contributed by atoms with Crippen molar-refractivity contribution >= 4 is 0 Å². The number of nitrogens with zero attached hydrogens (tertiary/aromatic N) is 2. The standard InChI is InChI=1S/C12H23N3/c1-12(2,3)9-10(13)5-6-11-7-8-14-15(11)4/h7-8,10H,5-6,9,13H2,1-4H3. The Morgan fingerprint density at radius 2 is 2.13 bits per heavy atom. The second kappa shape index (κ2) is 4.79. The lowest BCUT2D eigenvalue weighted by Crippen LogP contribution is -2.27. The fourth-order valence-electron chi connectivity index (χ4n) is 1.87. The van der Waals surface area contributed by atoms with E-state index in [1.807, 2.05) is 17.9 Å². The third-order valence-corrected chi connectivity index (χ3v) is 2.57. The van der Waals surface area contributed by atoms with Gasteiger partial charge in [-0.1, -0.05) is 20.8 Å². The zero-order chi connectivity index (χ0) is 11.5. The van der Waals surface area contributed by atoms with Crippen molar-refractivity contribution < 1.29 is 0 Å². The highest BCUT2D eigenvalue weighted by Crippen LogP contribution is 2.21. The van der Waals surface area contributed by atoms with E-state index in [9.17, 15) is 0 Å². The van der Waals surface area contributed by atoms with E-state index in [1.54, 1.807) is 0 Å². The van der Waals surface area contributed by atoms with Crippen LogP contribution in [0.2, 0.25) is 0 Å². The molecule has 1 rings (SSSR count). The Labute approximate surface area is 92.7 Å². The average Bonchev–Trinajstić information content (AvgIpc) is 2.44. The summed E-state index contributed by atoms with van der Waals surface area (Å²) in [4.78, 5) is 0. The molecular weight excluding hydrogens is 186 g/mol. The highest BCUT2D eigenvalue weighted by Gasteiger charge is 2.15. The lowest BCUT2D eigenvalue weighted by atomic mass is 9.87. The summed E-state index contributed by atoms with van der Waals surface area (Å²) in [5.41, 5.74) is 7.69. The molecule has 1 aromatic heterocycles. The van der Waals surface area contributed by atoms with Crippen molar-refractivity contribution in [3.8, 4) is 0 Å². The van der Waals surface area contributed by atoms with Crippen molar-refractivity contribution in [2.24, 2.45) is 18.2 Å². The van der Waals surface area contributed by atoms with E-state index in [0.717, 1.165) is 19.3 Å². The Morgan fingerprint density at radius 3 is 2.60 bits per heavy atom. The van der Waals surface area contributed by atoms with E-state index in [0.29, 0.717) is 11.5 Å². The molecular formula is C12H23N3. The molecule has 86 valence electrons. The first kappa shape index (κ1) is 12.2. The molecule has 15 heavy (non-hydrogen) atoms. The minimum absolute atomic E-state index is 0.292. The molecule has 3 heteroatoms. The Hall–Kier alpha value is -0.830. The van der Waals surface area contributed by atoms with Gasteiger partial charge in [0.25, 0.3) is 0 Å². The van der Waals surface area contributed by atoms with Crippen molar-refractivity contribution in [1.29, 1.82) is 0 Å². The van der Waals surface area contributed by atoms with Crippen molar-refractivity contribution in [3.05, 3.63) is 18.0 Å². The van der Waals surface area contributed by atoms with Crippen LogP contribution in [0.3, 0.4) is 0 Å². The van der Waals surface area contributed by atoms with Crippen LogP contribution in [0.15, 0.2) is 12.3 Å². The van der Waals surface area contributed by atoms with E-state index in [-0.39, 0.29) is 0 Å². The first-order chi connectivity index (χ1) is 6.88. The highest BCUT2D eigenvalue weighted by molar-refractivity contribution is 5.00. The second-order valence-corrected chi connectivity index (χ2v) is 5.51. The van der Waals surface area contributed by atoms with Crippen LogP contribution in [-0.2, 0) is 13.5 Å². The quantitative estimate of drug-likeness (QED) is 0.825. The van der Waals surface area contributed by atoms with Crippen molar-refractivity contribution in [2.45, 2.75) is 46.1 Å². The summed E-state index contributed by atoms with van der Waals surface area (Å²) in [5, 5.41) is 4.15. The van der Waals surface area contributed by atoms with Crippen LogP contribution < -0.4 is 5.73 Å². The Morgan fingerprint density at radius 1 is 1.47 bits per heavy atom. The molecule has 0 bridgehead atoms. The Bertz CT molecular complexity index is 296. The number of hydrogen-bond acceptors (Lipinski definition) is 2. The van der Waals surface area contributed by atoms with Gasteiger partial charge in [-0.25, -0.2) is 0 Å². The van der Waals surface area contributed by atoms with Gasteiger partial charge in [0.2, 0.25) is 0 Å². The lowest BCUT2D eigenvalue weighted by molar-refractivity contribution is 0.330. The van der Waals surface area contributed by atoms with Crippen molar-refractivity contribution in [3.63, 3.8) is 0 Å². The number of aryl methyl sites for hydroxylation is 2. The summed E-state index contributed by atoms with van der Waals surface area (Å²) in [7, 11) is 1.98. The predicted molar refractivity (Wildman–Crippen MR) is 63.6 cm³/mol. The fourth-order valence-corrected chi connectivity index (χ4v) is 1.87. The minimum atomic E-state index is 0.292. The van der Waals surface area contributed by atoms with Crippen LogP contribution in [0.5, 0.6) is 0 Å². The van der Waals surface area contributed by atoms with Gasteiger partial charge in [0, 0.05) is 25.0 Å². The zero-order valence-electron chi connectivity index (χ0n) is 10.3. The molecule has 0 saturated carbocycles. The molecule has 0 radical (unpaired) electrons. The average molecular weight is 209 g/mol. The summed E-state index contributed by atoms with van der Waals surface area (Å²) in [6, 6.07) is 2.35. The summed E-state index contributed by atoms with van der Waals surface area (Å²) >= 11 is 0. The van der Waals surface area contributed by atoms with Crippen LogP contribution >= 0.6 is 0 Å². The maximum absolute atomic E-state index is 6.10. The van der Waals surface area contributed by atoms with Gasteiger partial charge in [-0.2, -0.15) is 5.10 Å². The molecule has 3 nitrogen and oxygen atoms in total. The van der Waals surface area contributed by atoms with Gasteiger partial charge in [-0.05, 0) is 30.7 Å². The SMILES string of the molecule is Cn1nccc1CCC(N)CC(C)(C)C. The zero-order valence-corrected chi connectivity index (χ0v) is 10.3. The van der Waals surface area contributed by atoms with E-state index in [4.69, 9.17) is 5.73 Å². The largest absolute Gasteiger partial charge is 0.328 e. The van der Waals surface area contributed by atoms with Gasteiger partial charge in [0.15, 0.2) is 0 Å². The normalized spacial score (nSPS) is 14.2. The maximum atomic E-state index is 6.10. The lowest BCUT2D eigenvalue weighted by Gasteiger charge is -2.23. The van der Waals surface area contributed by atoms with Gasteiger partial charge in [0.05, 0.1) is 0 Å². The van der Waals surface area contributed by atoms with Gasteiger partial charge >= 0.3 is 0 Å². The van der Waals surface area contributed by atoms with Crippen molar-refractivity contribution in [1.82, 2.24) is 9.78 Å². The van der Waals surface area contributed by atoms with Gasteiger partial charge in [0.1, 0.15) is 0 Å². The van der Waals surface area contributed by atoms with Crippen LogP contribution in [0.4, 0.5) is 0 Å². The van der Waals surface area contributed by atoms with Gasteiger partial charge < -0.3 is 5.73 Å². The Kier molecular flexibility index (Phi) is 3.91. The van der Waals surface area contributed by atoms with Crippen LogP contribution in [0.1, 0.15) is 39.3 Å². The molecule has 1 heterocycles. The summed E-state index contributed by atoms with van der Waals surface area (Å²) in [6.45, 7) is 6.70. The monoisotopic (exact) mass is 209 g/mol. The first-order valence-electron chi connectivity index (χ1n) is 5.61. The topological polar surface area (TPSA) is 43.8 Å². The minimum Gasteiger partial charge on any atom is -0.328 e. The summed E-state index contributed by atoms with van der Waals surface area (Å²) < 4.78 is 1.92. The molecule has 1 aromatic rings. The molecule has 1 unspecified atom stereocenters. The number of hydrogen-bond donors (Lipinski definition) is 1. The molecule has 0 saturated heterocycles. The Balaban J connectivity index is 2.35. The number of rotatable bonds is 4. The molecule has 0 aliphatic rings. The van der Waals surface area contributed by atoms with E-state index < -0.39 is 0 Å². The summed E-state index contributed by atoms with van der Waals surface area (Å²) in [6.07, 6.45) is 4.97. The summed E-state index contributed by atoms with van der Waals surface area (Å²) in [5.74, 6) is 0. The highest BCUT2D eigenvalue weighted by atomic mass is 15.2. The number of aromatic nitrogens is 2. The van der Waals surface area contributed by atoms with E-state index in [1.165, 1.54) is 5.69 Å². The number of nitrogens with two attached hydrogens (primary N) is 1. The molecule has 0 amide bonds. The van der Waals surface area contributed by atoms with E-state index >= 15 is 0 Å². The van der Waals surface area contributed by atoms with Crippen LogP contribution in [0, 0.1) is 5.41 Å². The molecule has 0 spiro atoms. The first-order valence-corrected chi connectivity index (χ1v) is 5.61. The maximum Gasteiger partial charge on any atom is 0.0492 e. The third-order valence-electron chi connectivity index (χ3n) is 2.57. The molecule has 0 aliphatic heterocycles. The fraction of sp³-hybridized carbons (Fsp3) is 0.750. The molecule has 1 atom stereocenters. The molecule has 0 aliphatic carbocycles. The predicted octanol–water partition coefficient (Wildman–Crippen LogP) is 2.12. The second-order valence-electron chi connectivity index (χ2n) is 5.51. The van der Waals surface area contributed by atoms with Crippen molar-refractivity contribution in [2.75, 3.05) is 0 Å². The van der Waals surface area contributed by atoms with Gasteiger partial charge in [-0.15, -0.1) is 0 Å². The van der Waals surface area contributed by atoms with Crippen LogP contribution in [0.25, 0.3) is 0 Å². The molecule has 2 N–H and O–H groups in total.